The Bertz CT molecular complexity index is 472. The highest BCUT2D eigenvalue weighted by Crippen LogP contribution is 2.23. The Kier molecular flexibility index (Phi) is 2.60. The van der Waals surface area contributed by atoms with E-state index in [0.29, 0.717) is 3.95 Å². The molecule has 72 valence electrons. The van der Waals surface area contributed by atoms with Gasteiger partial charge < -0.3 is 4.74 Å². The van der Waals surface area contributed by atoms with E-state index in [4.69, 9.17) is 17.0 Å². The number of hydrogen-bond donors (Lipinski definition) is 1. The van der Waals surface area contributed by atoms with E-state index in [1.165, 1.54) is 11.3 Å². The molecule has 0 aliphatic heterocycles. The van der Waals surface area contributed by atoms with Crippen molar-refractivity contribution >= 4 is 23.6 Å². The molecule has 0 spiro atoms. The predicted octanol–water partition coefficient (Wildman–Crippen LogP) is 2.88. The van der Waals surface area contributed by atoms with E-state index >= 15 is 0 Å². The lowest BCUT2D eigenvalue weighted by Crippen LogP contribution is -1.82. The number of aromatic nitrogens is 2. The van der Waals surface area contributed by atoms with Crippen molar-refractivity contribution in [1.82, 2.24) is 10.2 Å². The first-order chi connectivity index (χ1) is 6.79. The second-order valence-electron chi connectivity index (χ2n) is 2.65. The number of nitrogens with one attached hydrogen (secondary N) is 1. The maximum absolute atomic E-state index is 5.06. The zero-order valence-electron chi connectivity index (χ0n) is 7.48. The van der Waals surface area contributed by atoms with Crippen molar-refractivity contribution in [2.24, 2.45) is 0 Å². The molecule has 0 atom stereocenters. The van der Waals surface area contributed by atoms with Crippen molar-refractivity contribution in [2.45, 2.75) is 0 Å². The van der Waals surface area contributed by atoms with Crippen LogP contribution in [0.2, 0.25) is 0 Å². The van der Waals surface area contributed by atoms with E-state index in [-0.39, 0.29) is 0 Å². The van der Waals surface area contributed by atoms with Gasteiger partial charge in [-0.05, 0) is 36.5 Å². The third kappa shape index (κ3) is 1.83. The number of aromatic amines is 1. The maximum atomic E-state index is 5.06. The summed E-state index contributed by atoms with van der Waals surface area (Å²) in [6.07, 6.45) is 0. The van der Waals surface area contributed by atoms with E-state index in [0.717, 1.165) is 16.3 Å². The van der Waals surface area contributed by atoms with Gasteiger partial charge in [0.05, 0.1) is 7.11 Å². The molecule has 1 N–H and O–H groups in total. The van der Waals surface area contributed by atoms with Crippen LogP contribution in [0, 0.1) is 3.95 Å². The molecule has 1 aromatic carbocycles. The molecule has 1 heterocycles. The van der Waals surface area contributed by atoms with E-state index in [1.807, 2.05) is 24.3 Å². The van der Waals surface area contributed by atoms with E-state index in [1.54, 1.807) is 7.11 Å². The Balaban J connectivity index is 2.38. The summed E-state index contributed by atoms with van der Waals surface area (Å²) in [6.45, 7) is 0. The molecule has 0 unspecified atom stereocenters. The molecule has 0 fully saturated rings. The Morgan fingerprint density at radius 2 is 2.07 bits per heavy atom. The second-order valence-corrected chi connectivity index (χ2v) is 4.31. The van der Waals surface area contributed by atoms with Crippen molar-refractivity contribution in [3.05, 3.63) is 28.2 Å². The van der Waals surface area contributed by atoms with Gasteiger partial charge in [0.15, 0.2) is 3.95 Å². The SMILES string of the molecule is COc1ccc(-c2n[nH]c(=S)s2)cc1. The second kappa shape index (κ2) is 3.89. The third-order valence-corrected chi connectivity index (χ3v) is 2.91. The first-order valence-electron chi connectivity index (χ1n) is 3.99. The lowest BCUT2D eigenvalue weighted by Gasteiger charge is -1.99. The number of nitrogens with zero attached hydrogens (tertiary/aromatic N) is 1. The van der Waals surface area contributed by atoms with Gasteiger partial charge in [-0.15, -0.1) is 0 Å². The molecule has 14 heavy (non-hydrogen) atoms. The summed E-state index contributed by atoms with van der Waals surface area (Å²) in [5.41, 5.74) is 1.04. The lowest BCUT2D eigenvalue weighted by atomic mass is 10.2. The molecule has 2 aromatic rings. The minimum Gasteiger partial charge on any atom is -0.497 e. The van der Waals surface area contributed by atoms with E-state index in [9.17, 15) is 0 Å². The van der Waals surface area contributed by atoms with Gasteiger partial charge in [-0.25, -0.2) is 0 Å². The van der Waals surface area contributed by atoms with Gasteiger partial charge in [0.1, 0.15) is 10.8 Å². The molecule has 0 bridgehead atoms. The first kappa shape index (κ1) is 9.36. The zero-order valence-corrected chi connectivity index (χ0v) is 9.11. The highest BCUT2D eigenvalue weighted by Gasteiger charge is 2.01. The van der Waals surface area contributed by atoms with Crippen LogP contribution in [0.25, 0.3) is 10.6 Å². The van der Waals surface area contributed by atoms with E-state index < -0.39 is 0 Å². The van der Waals surface area contributed by atoms with Crippen LogP contribution < -0.4 is 4.74 Å². The number of H-pyrrole nitrogens is 1. The maximum Gasteiger partial charge on any atom is 0.176 e. The van der Waals surface area contributed by atoms with Crippen molar-refractivity contribution in [1.29, 1.82) is 0 Å². The minimum absolute atomic E-state index is 0.691. The van der Waals surface area contributed by atoms with Crippen LogP contribution in [0.4, 0.5) is 0 Å². The van der Waals surface area contributed by atoms with Crippen molar-refractivity contribution in [2.75, 3.05) is 7.11 Å². The van der Waals surface area contributed by atoms with Gasteiger partial charge in [0, 0.05) is 5.56 Å². The van der Waals surface area contributed by atoms with Crippen molar-refractivity contribution < 1.29 is 4.74 Å². The molecule has 0 aliphatic carbocycles. The number of methoxy groups -OCH3 is 1. The van der Waals surface area contributed by atoms with Crippen LogP contribution >= 0.6 is 23.6 Å². The summed E-state index contributed by atoms with van der Waals surface area (Å²) in [6, 6.07) is 7.72. The van der Waals surface area contributed by atoms with E-state index in [2.05, 4.69) is 10.2 Å². The van der Waals surface area contributed by atoms with Gasteiger partial charge >= 0.3 is 0 Å². The quantitative estimate of drug-likeness (QED) is 0.797. The number of benzene rings is 1. The average Bonchev–Trinajstić information content (AvgIpc) is 2.65. The molecular weight excluding hydrogens is 216 g/mol. The fourth-order valence-corrected chi connectivity index (χ4v) is 1.98. The van der Waals surface area contributed by atoms with Crippen molar-refractivity contribution in [3.63, 3.8) is 0 Å². The number of ether oxygens (including phenoxy) is 1. The Hall–Kier alpha value is -1.20. The molecule has 0 saturated carbocycles. The van der Waals surface area contributed by atoms with Gasteiger partial charge in [0.25, 0.3) is 0 Å². The van der Waals surface area contributed by atoms with Crippen LogP contribution in [0.15, 0.2) is 24.3 Å². The summed E-state index contributed by atoms with van der Waals surface area (Å²) < 4.78 is 5.76. The van der Waals surface area contributed by atoms with Crippen molar-refractivity contribution in [3.8, 4) is 16.3 Å². The summed E-state index contributed by atoms with van der Waals surface area (Å²) in [5, 5.41) is 7.74. The number of hydrogen-bond acceptors (Lipinski definition) is 4. The molecule has 0 amide bonds. The van der Waals surface area contributed by atoms with Crippen LogP contribution in [0.5, 0.6) is 5.75 Å². The Labute approximate surface area is 90.4 Å². The number of rotatable bonds is 2. The fourth-order valence-electron chi connectivity index (χ4n) is 1.09. The molecule has 5 heteroatoms. The Morgan fingerprint density at radius 3 is 2.57 bits per heavy atom. The summed E-state index contributed by atoms with van der Waals surface area (Å²) >= 11 is 6.42. The fraction of sp³-hybridized carbons (Fsp3) is 0.111. The Morgan fingerprint density at radius 1 is 1.36 bits per heavy atom. The molecule has 1 aromatic heterocycles. The highest BCUT2D eigenvalue weighted by atomic mass is 32.1. The van der Waals surface area contributed by atoms with Crippen LogP contribution in [0.1, 0.15) is 0 Å². The highest BCUT2D eigenvalue weighted by molar-refractivity contribution is 7.73. The van der Waals surface area contributed by atoms with Crippen LogP contribution in [-0.4, -0.2) is 17.3 Å². The predicted molar refractivity (Wildman–Crippen MR) is 59.3 cm³/mol. The zero-order chi connectivity index (χ0) is 9.97. The molecular formula is C9H8N2OS2. The molecule has 2 rings (SSSR count). The lowest BCUT2D eigenvalue weighted by molar-refractivity contribution is 0.415. The monoisotopic (exact) mass is 224 g/mol. The van der Waals surface area contributed by atoms with Gasteiger partial charge in [-0.1, -0.05) is 11.3 Å². The smallest absolute Gasteiger partial charge is 0.176 e. The molecule has 0 radical (unpaired) electrons. The van der Waals surface area contributed by atoms with Crippen LogP contribution in [-0.2, 0) is 0 Å². The largest absolute Gasteiger partial charge is 0.497 e. The first-order valence-corrected chi connectivity index (χ1v) is 5.22. The standard InChI is InChI=1S/C9H8N2OS2/c1-12-7-4-2-6(3-5-7)8-10-11-9(13)14-8/h2-5H,1H3,(H,11,13). The molecule has 0 saturated heterocycles. The van der Waals surface area contributed by atoms with Gasteiger partial charge in [-0.3, -0.25) is 5.10 Å². The molecule has 0 aliphatic rings. The third-order valence-electron chi connectivity index (χ3n) is 1.78. The molecule has 3 nitrogen and oxygen atoms in total. The summed E-state index contributed by atoms with van der Waals surface area (Å²) in [5.74, 6) is 0.841. The van der Waals surface area contributed by atoms with Crippen LogP contribution in [0.3, 0.4) is 0 Å². The normalized spacial score (nSPS) is 10.1. The van der Waals surface area contributed by atoms with Gasteiger partial charge in [0.2, 0.25) is 0 Å². The minimum atomic E-state index is 0.691. The average molecular weight is 224 g/mol. The summed E-state index contributed by atoms with van der Waals surface area (Å²) in [7, 11) is 1.65. The van der Waals surface area contributed by atoms with Gasteiger partial charge in [-0.2, -0.15) is 5.10 Å². The summed E-state index contributed by atoms with van der Waals surface area (Å²) in [4.78, 5) is 0. The topological polar surface area (TPSA) is 37.9 Å².